The number of rotatable bonds is 12. The molecule has 0 amide bonds. The molecule has 1 fully saturated rings. The van der Waals surface area contributed by atoms with Gasteiger partial charge < -0.3 is 9.26 Å². The van der Waals surface area contributed by atoms with Crippen LogP contribution in [-0.4, -0.2) is 18.7 Å². The summed E-state index contributed by atoms with van der Waals surface area (Å²) in [6.07, 6.45) is 5.81. The highest BCUT2D eigenvalue weighted by Crippen LogP contribution is 2.56. The van der Waals surface area contributed by atoms with Gasteiger partial charge in [0.15, 0.2) is 0 Å². The molecule has 3 aromatic carbocycles. The van der Waals surface area contributed by atoms with Crippen LogP contribution in [0.2, 0.25) is 0 Å². The Morgan fingerprint density at radius 2 is 1.37 bits per heavy atom. The van der Waals surface area contributed by atoms with Crippen LogP contribution in [0.4, 0.5) is 0 Å². The van der Waals surface area contributed by atoms with E-state index in [2.05, 4.69) is 53.8 Å². The van der Waals surface area contributed by atoms with Crippen molar-refractivity contribution >= 4 is 7.37 Å². The van der Waals surface area contributed by atoms with Gasteiger partial charge in [-0.05, 0) is 42.4 Å². The predicted octanol–water partition coefficient (Wildman–Crippen LogP) is 7.76. The predicted molar refractivity (Wildman–Crippen MR) is 144 cm³/mol. The zero-order chi connectivity index (χ0) is 24.3. The second-order valence-electron chi connectivity index (χ2n) is 9.37. The lowest BCUT2D eigenvalue weighted by Crippen LogP contribution is -2.41. The first-order valence-corrected chi connectivity index (χ1v) is 14.8. The molecule has 4 nitrogen and oxygen atoms in total. The van der Waals surface area contributed by atoms with E-state index in [1.54, 1.807) is 0 Å². The van der Waals surface area contributed by atoms with Crippen molar-refractivity contribution in [2.24, 2.45) is 5.92 Å². The van der Waals surface area contributed by atoms with Gasteiger partial charge in [-0.15, -0.1) is 0 Å². The quantitative estimate of drug-likeness (QED) is 0.263. The summed E-state index contributed by atoms with van der Waals surface area (Å²) in [6, 6.07) is 30.8. The lowest BCUT2D eigenvalue weighted by molar-refractivity contribution is 0.143. The van der Waals surface area contributed by atoms with E-state index in [4.69, 9.17) is 9.26 Å². The smallest absolute Gasteiger partial charge is 0.244 e. The first-order chi connectivity index (χ1) is 17.2. The molecule has 4 rings (SSSR count). The summed E-state index contributed by atoms with van der Waals surface area (Å²) in [5.74, 6) is 0.0142. The van der Waals surface area contributed by atoms with Gasteiger partial charge in [0, 0.05) is 0 Å². The Hall–Kier alpha value is -2.23. The van der Waals surface area contributed by atoms with Crippen molar-refractivity contribution in [3.63, 3.8) is 0 Å². The maximum Gasteiger partial charge on any atom is 0.244 e. The van der Waals surface area contributed by atoms with E-state index in [1.807, 2.05) is 49.4 Å². The van der Waals surface area contributed by atoms with Gasteiger partial charge in [0.1, 0.15) is 6.35 Å². The largest absolute Gasteiger partial charge is 0.367 e. The van der Waals surface area contributed by atoms with Crippen LogP contribution in [0.3, 0.4) is 0 Å². The molecule has 0 radical (unpaired) electrons. The minimum atomic E-state index is -3.16. The third kappa shape index (κ3) is 7.15. The Labute approximate surface area is 210 Å². The highest BCUT2D eigenvalue weighted by atomic mass is 31.2. The lowest BCUT2D eigenvalue weighted by Gasteiger charge is -2.38. The number of ether oxygens (including phenoxy) is 1. The van der Waals surface area contributed by atoms with E-state index in [9.17, 15) is 4.57 Å². The fourth-order valence-corrected chi connectivity index (χ4v) is 7.64. The monoisotopic (exact) mass is 491 g/mol. The molecular weight excluding hydrogens is 453 g/mol. The molecule has 0 aromatic heterocycles. The van der Waals surface area contributed by atoms with Gasteiger partial charge in [-0.3, -0.25) is 9.88 Å². The minimum Gasteiger partial charge on any atom is -0.367 e. The van der Waals surface area contributed by atoms with E-state index in [1.165, 1.54) is 19.3 Å². The maximum atomic E-state index is 14.6. The number of hydrogen-bond acceptors (Lipinski definition) is 4. The van der Waals surface area contributed by atoms with Crippen LogP contribution in [-0.2, 0) is 20.4 Å². The molecule has 0 spiro atoms. The highest BCUT2D eigenvalue weighted by Gasteiger charge is 2.41. The van der Waals surface area contributed by atoms with Gasteiger partial charge >= 0.3 is 0 Å². The van der Waals surface area contributed by atoms with E-state index in [0.717, 1.165) is 29.5 Å². The fourth-order valence-electron chi connectivity index (χ4n) is 5.15. The zero-order valence-corrected chi connectivity index (χ0v) is 21.6. The van der Waals surface area contributed by atoms with Crippen molar-refractivity contribution in [1.82, 2.24) is 5.32 Å². The van der Waals surface area contributed by atoms with Crippen LogP contribution in [0.25, 0.3) is 0 Å². The standard InChI is InChI=1S/C30H38NO3P/c1-2-34-35(32,24-33-23-25-15-7-3-8-16-25)30(28-21-13-6-14-22-28)31-29(26-17-9-4-10-18-26)27-19-11-5-12-20-27/h3-5,7-12,15-20,28-31H,2,6,13-14,21-24H2,1H3. The Kier molecular flexibility index (Phi) is 9.74. The van der Waals surface area contributed by atoms with Gasteiger partial charge in [-0.25, -0.2) is 0 Å². The normalized spacial score (nSPS) is 17.2. The molecule has 0 aliphatic heterocycles. The molecular formula is C30H38NO3P. The molecule has 3 aromatic rings. The van der Waals surface area contributed by atoms with Crippen molar-refractivity contribution in [1.29, 1.82) is 0 Å². The molecule has 1 aliphatic carbocycles. The first-order valence-electron chi connectivity index (χ1n) is 12.9. The Bertz CT molecular complexity index is 999. The summed E-state index contributed by atoms with van der Waals surface area (Å²) in [4.78, 5) is 0. The maximum absolute atomic E-state index is 14.6. The molecule has 1 N–H and O–H groups in total. The van der Waals surface area contributed by atoms with E-state index in [-0.39, 0.29) is 24.1 Å². The van der Waals surface area contributed by atoms with Crippen LogP contribution in [0.1, 0.15) is 61.8 Å². The molecule has 0 heterocycles. The summed E-state index contributed by atoms with van der Waals surface area (Å²) < 4.78 is 26.8. The van der Waals surface area contributed by atoms with Crippen LogP contribution < -0.4 is 5.32 Å². The average Bonchev–Trinajstić information content (AvgIpc) is 2.91. The second-order valence-corrected chi connectivity index (χ2v) is 11.9. The molecule has 2 atom stereocenters. The number of nitrogens with one attached hydrogen (secondary N) is 1. The van der Waals surface area contributed by atoms with Crippen molar-refractivity contribution in [2.45, 2.75) is 57.5 Å². The van der Waals surface area contributed by atoms with Crippen LogP contribution in [0, 0.1) is 5.92 Å². The number of hydrogen-bond donors (Lipinski definition) is 1. The van der Waals surface area contributed by atoms with Gasteiger partial charge in [-0.1, -0.05) is 110 Å². The van der Waals surface area contributed by atoms with Crippen molar-refractivity contribution in [3.05, 3.63) is 108 Å². The van der Waals surface area contributed by atoms with Gasteiger partial charge in [0.25, 0.3) is 0 Å². The lowest BCUT2D eigenvalue weighted by atomic mass is 9.88. The molecule has 1 aliphatic rings. The second kappa shape index (κ2) is 13.2. The third-order valence-corrected chi connectivity index (χ3v) is 9.51. The Morgan fingerprint density at radius 1 is 0.829 bits per heavy atom. The Morgan fingerprint density at radius 3 is 1.91 bits per heavy atom. The van der Waals surface area contributed by atoms with E-state index in [0.29, 0.717) is 13.2 Å². The van der Waals surface area contributed by atoms with Crippen molar-refractivity contribution in [2.75, 3.05) is 13.0 Å². The molecule has 0 bridgehead atoms. The van der Waals surface area contributed by atoms with E-state index >= 15 is 0 Å². The van der Waals surface area contributed by atoms with Crippen LogP contribution >= 0.6 is 7.37 Å². The minimum absolute atomic E-state index is 0.0766. The van der Waals surface area contributed by atoms with Gasteiger partial charge in [0.2, 0.25) is 7.37 Å². The summed E-state index contributed by atoms with van der Waals surface area (Å²) in [5.41, 5.74) is 3.39. The topological polar surface area (TPSA) is 47.6 Å². The van der Waals surface area contributed by atoms with Gasteiger partial charge in [-0.2, -0.15) is 0 Å². The average molecular weight is 492 g/mol. The molecule has 0 saturated heterocycles. The highest BCUT2D eigenvalue weighted by molar-refractivity contribution is 7.59. The molecule has 1 saturated carbocycles. The third-order valence-electron chi connectivity index (χ3n) is 6.85. The summed E-state index contributed by atoms with van der Waals surface area (Å²) in [7, 11) is -3.16. The molecule has 35 heavy (non-hydrogen) atoms. The first kappa shape index (κ1) is 25.9. The summed E-state index contributed by atoms with van der Waals surface area (Å²) in [5, 5.41) is 3.86. The number of benzene rings is 3. The van der Waals surface area contributed by atoms with Crippen LogP contribution in [0.5, 0.6) is 0 Å². The van der Waals surface area contributed by atoms with E-state index < -0.39 is 7.37 Å². The molecule has 186 valence electrons. The Balaban J connectivity index is 1.63. The molecule has 5 heteroatoms. The summed E-state index contributed by atoms with van der Waals surface area (Å²) in [6.45, 7) is 2.75. The van der Waals surface area contributed by atoms with Gasteiger partial charge in [0.05, 0.1) is 25.0 Å². The fraction of sp³-hybridized carbons (Fsp3) is 0.400. The van der Waals surface area contributed by atoms with Crippen molar-refractivity contribution in [3.8, 4) is 0 Å². The van der Waals surface area contributed by atoms with Crippen LogP contribution in [0.15, 0.2) is 91.0 Å². The zero-order valence-electron chi connectivity index (χ0n) is 20.7. The molecule has 2 unspecified atom stereocenters. The SMILES string of the molecule is CCOP(=O)(COCc1ccccc1)C(NC(c1ccccc1)c1ccccc1)C1CCCCC1. The summed E-state index contributed by atoms with van der Waals surface area (Å²) >= 11 is 0. The van der Waals surface area contributed by atoms with Crippen molar-refractivity contribution < 1.29 is 13.8 Å².